The second-order valence-electron chi connectivity index (χ2n) is 7.00. The third kappa shape index (κ3) is 4.62. The quantitative estimate of drug-likeness (QED) is 0.349. The zero-order valence-corrected chi connectivity index (χ0v) is 18.3. The van der Waals surface area contributed by atoms with Gasteiger partial charge in [0.1, 0.15) is 5.75 Å². The highest BCUT2D eigenvalue weighted by Crippen LogP contribution is 2.31. The van der Waals surface area contributed by atoms with Crippen LogP contribution in [0.3, 0.4) is 0 Å². The van der Waals surface area contributed by atoms with E-state index in [1.807, 2.05) is 67.6 Å². The Kier molecular flexibility index (Phi) is 6.34. The van der Waals surface area contributed by atoms with Gasteiger partial charge in [-0.2, -0.15) is 5.26 Å². The van der Waals surface area contributed by atoms with Crippen LogP contribution in [0.2, 0.25) is 0 Å². The summed E-state index contributed by atoms with van der Waals surface area (Å²) in [5, 5.41) is 19.2. The van der Waals surface area contributed by atoms with E-state index >= 15 is 0 Å². The fourth-order valence-electron chi connectivity index (χ4n) is 3.32. The molecule has 0 aliphatic rings. The zero-order valence-electron chi connectivity index (χ0n) is 17.4. The third-order valence-electron chi connectivity index (χ3n) is 4.81. The Hall–Kier alpha value is -3.56. The smallest absolute Gasteiger partial charge is 0.196 e. The Morgan fingerprint density at radius 2 is 1.81 bits per heavy atom. The van der Waals surface area contributed by atoms with Crippen LogP contribution in [0, 0.1) is 18.3 Å². The summed E-state index contributed by atoms with van der Waals surface area (Å²) in [5.41, 5.74) is 4.79. The Morgan fingerprint density at radius 3 is 2.55 bits per heavy atom. The molecule has 0 aliphatic heterocycles. The van der Waals surface area contributed by atoms with Crippen LogP contribution < -0.4 is 4.74 Å². The van der Waals surface area contributed by atoms with E-state index in [2.05, 4.69) is 39.9 Å². The van der Waals surface area contributed by atoms with E-state index < -0.39 is 0 Å². The van der Waals surface area contributed by atoms with Gasteiger partial charge in [0.05, 0.1) is 18.2 Å². The summed E-state index contributed by atoms with van der Waals surface area (Å²) in [6.07, 6.45) is 0. The number of hydrogen-bond donors (Lipinski definition) is 0. The van der Waals surface area contributed by atoms with Gasteiger partial charge in [0.15, 0.2) is 11.0 Å². The highest BCUT2D eigenvalue weighted by atomic mass is 32.2. The van der Waals surface area contributed by atoms with E-state index in [0.717, 1.165) is 39.1 Å². The molecule has 31 heavy (non-hydrogen) atoms. The molecule has 3 aromatic carbocycles. The van der Waals surface area contributed by atoms with E-state index in [0.29, 0.717) is 17.9 Å². The van der Waals surface area contributed by atoms with Crippen LogP contribution in [0.1, 0.15) is 23.6 Å². The highest BCUT2D eigenvalue weighted by molar-refractivity contribution is 7.98. The van der Waals surface area contributed by atoms with Crippen LogP contribution >= 0.6 is 11.8 Å². The van der Waals surface area contributed by atoms with Crippen molar-refractivity contribution in [2.24, 2.45) is 0 Å². The third-order valence-corrected chi connectivity index (χ3v) is 5.79. The number of nitrogens with zero attached hydrogens (tertiary/aromatic N) is 4. The molecule has 0 fully saturated rings. The van der Waals surface area contributed by atoms with Gasteiger partial charge in [-0.05, 0) is 55.8 Å². The van der Waals surface area contributed by atoms with Gasteiger partial charge in [-0.3, -0.25) is 4.57 Å². The van der Waals surface area contributed by atoms with Crippen molar-refractivity contribution in [2.75, 3.05) is 6.61 Å². The van der Waals surface area contributed by atoms with Crippen molar-refractivity contribution in [1.82, 2.24) is 14.8 Å². The van der Waals surface area contributed by atoms with Crippen LogP contribution in [0.15, 0.2) is 78.0 Å². The van der Waals surface area contributed by atoms with E-state index in [4.69, 9.17) is 4.74 Å². The van der Waals surface area contributed by atoms with Crippen molar-refractivity contribution in [3.63, 3.8) is 0 Å². The van der Waals surface area contributed by atoms with Crippen molar-refractivity contribution in [3.05, 3.63) is 89.5 Å². The molecule has 0 unspecified atom stereocenters. The molecule has 0 saturated heterocycles. The van der Waals surface area contributed by atoms with Crippen molar-refractivity contribution < 1.29 is 4.74 Å². The minimum absolute atomic E-state index is 0.625. The fourth-order valence-corrected chi connectivity index (χ4v) is 4.28. The summed E-state index contributed by atoms with van der Waals surface area (Å²) in [5.74, 6) is 2.24. The Balaban J connectivity index is 1.74. The fraction of sp³-hybridized carbons (Fsp3) is 0.160. The van der Waals surface area contributed by atoms with Gasteiger partial charge >= 0.3 is 0 Å². The molecule has 0 spiro atoms. The van der Waals surface area contributed by atoms with Gasteiger partial charge in [0.25, 0.3) is 0 Å². The summed E-state index contributed by atoms with van der Waals surface area (Å²) < 4.78 is 7.65. The molecule has 0 radical (unpaired) electrons. The molecule has 4 aromatic rings. The first kappa shape index (κ1) is 20.7. The summed E-state index contributed by atoms with van der Waals surface area (Å²) in [6, 6.07) is 26.1. The molecule has 0 atom stereocenters. The number of ether oxygens (including phenoxy) is 1. The predicted octanol–water partition coefficient (Wildman–Crippen LogP) is 5.81. The molecule has 0 amide bonds. The van der Waals surface area contributed by atoms with E-state index in [9.17, 15) is 5.26 Å². The largest absolute Gasteiger partial charge is 0.494 e. The Bertz CT molecular complexity index is 1230. The van der Waals surface area contributed by atoms with Crippen LogP contribution in [0.25, 0.3) is 17.1 Å². The van der Waals surface area contributed by atoms with Crippen molar-refractivity contribution >= 4 is 11.8 Å². The monoisotopic (exact) mass is 426 g/mol. The van der Waals surface area contributed by atoms with Gasteiger partial charge in [0.2, 0.25) is 0 Å². The molecule has 4 rings (SSSR count). The maximum Gasteiger partial charge on any atom is 0.196 e. The van der Waals surface area contributed by atoms with Crippen molar-refractivity contribution in [2.45, 2.75) is 24.8 Å². The number of aryl methyl sites for hydroxylation is 1. The lowest BCUT2D eigenvalue weighted by Crippen LogP contribution is -2.01. The summed E-state index contributed by atoms with van der Waals surface area (Å²) in [7, 11) is 0. The Labute approximate surface area is 186 Å². The van der Waals surface area contributed by atoms with Gasteiger partial charge < -0.3 is 4.74 Å². The lowest BCUT2D eigenvalue weighted by Gasteiger charge is -2.12. The number of nitriles is 1. The minimum Gasteiger partial charge on any atom is -0.494 e. The van der Waals surface area contributed by atoms with Gasteiger partial charge in [-0.15, -0.1) is 10.2 Å². The van der Waals surface area contributed by atoms with Crippen molar-refractivity contribution in [3.8, 4) is 28.9 Å². The molecular weight excluding hydrogens is 404 g/mol. The first-order chi connectivity index (χ1) is 15.2. The van der Waals surface area contributed by atoms with E-state index in [-0.39, 0.29) is 0 Å². The number of aromatic nitrogens is 3. The summed E-state index contributed by atoms with van der Waals surface area (Å²) >= 11 is 1.57. The van der Waals surface area contributed by atoms with Gasteiger partial charge in [-0.1, -0.05) is 53.7 Å². The molecule has 1 heterocycles. The molecule has 0 saturated carbocycles. The predicted molar refractivity (Wildman–Crippen MR) is 123 cm³/mol. The standard InChI is InChI=1S/C25H22N4OS/c1-3-30-23-13-11-22(12-14-23)29-24(19-10-6-7-18(2)15-19)27-28-25(29)31-17-21-9-5-4-8-20(21)16-26/h4-15H,3,17H2,1-2H3. The van der Waals surface area contributed by atoms with Crippen molar-refractivity contribution in [1.29, 1.82) is 5.26 Å². The number of rotatable bonds is 7. The minimum atomic E-state index is 0.625. The van der Waals surface area contributed by atoms with Crippen LogP contribution in [0.4, 0.5) is 0 Å². The first-order valence-corrected chi connectivity index (χ1v) is 11.0. The molecule has 0 aliphatic carbocycles. The Morgan fingerprint density at radius 1 is 1.00 bits per heavy atom. The molecule has 6 heteroatoms. The average molecular weight is 427 g/mol. The number of thioether (sulfide) groups is 1. The van der Waals surface area contributed by atoms with Crippen LogP contribution in [-0.2, 0) is 5.75 Å². The molecule has 154 valence electrons. The van der Waals surface area contributed by atoms with Crippen LogP contribution in [-0.4, -0.2) is 21.4 Å². The lowest BCUT2D eigenvalue weighted by atomic mass is 10.1. The molecule has 0 N–H and O–H groups in total. The highest BCUT2D eigenvalue weighted by Gasteiger charge is 2.17. The topological polar surface area (TPSA) is 63.7 Å². The van der Waals surface area contributed by atoms with Gasteiger partial charge in [0, 0.05) is 17.0 Å². The normalized spacial score (nSPS) is 10.6. The van der Waals surface area contributed by atoms with E-state index in [1.54, 1.807) is 11.8 Å². The molecule has 0 bridgehead atoms. The number of benzene rings is 3. The SMILES string of the molecule is CCOc1ccc(-n2c(SCc3ccccc3C#N)nnc2-c2cccc(C)c2)cc1. The molecule has 5 nitrogen and oxygen atoms in total. The first-order valence-electron chi connectivity index (χ1n) is 10.1. The second-order valence-corrected chi connectivity index (χ2v) is 7.94. The number of hydrogen-bond acceptors (Lipinski definition) is 5. The summed E-state index contributed by atoms with van der Waals surface area (Å²) in [4.78, 5) is 0. The maximum absolute atomic E-state index is 9.39. The average Bonchev–Trinajstić information content (AvgIpc) is 3.22. The lowest BCUT2D eigenvalue weighted by molar-refractivity contribution is 0.340. The molecule has 1 aromatic heterocycles. The van der Waals surface area contributed by atoms with E-state index in [1.165, 1.54) is 0 Å². The maximum atomic E-state index is 9.39. The summed E-state index contributed by atoms with van der Waals surface area (Å²) in [6.45, 7) is 4.66. The van der Waals surface area contributed by atoms with Gasteiger partial charge in [-0.25, -0.2) is 0 Å². The zero-order chi connectivity index (χ0) is 21.6. The molecular formula is C25H22N4OS. The second kappa shape index (κ2) is 9.50. The van der Waals surface area contributed by atoms with Crippen LogP contribution in [0.5, 0.6) is 5.75 Å².